The first kappa shape index (κ1) is 13.1. The van der Waals surface area contributed by atoms with Crippen molar-refractivity contribution in [2.45, 2.75) is 63.6 Å². The number of fused-ring (bicyclic) bond motifs is 1. The van der Waals surface area contributed by atoms with Gasteiger partial charge in [0.05, 0.1) is 12.3 Å². The molecule has 1 fully saturated rings. The van der Waals surface area contributed by atoms with Gasteiger partial charge in [-0.3, -0.25) is 4.68 Å². The fourth-order valence-corrected chi connectivity index (χ4v) is 3.48. The molecule has 106 valence electrons. The summed E-state index contributed by atoms with van der Waals surface area (Å²) < 4.78 is 7.81. The minimum absolute atomic E-state index is 0.447. The van der Waals surface area contributed by atoms with Crippen molar-refractivity contribution in [1.29, 1.82) is 0 Å². The van der Waals surface area contributed by atoms with Gasteiger partial charge >= 0.3 is 0 Å². The van der Waals surface area contributed by atoms with E-state index in [1.165, 1.54) is 30.5 Å². The van der Waals surface area contributed by atoms with Crippen LogP contribution in [0.5, 0.6) is 0 Å². The second kappa shape index (κ2) is 5.63. The number of hydrogen-bond donors (Lipinski definition) is 1. The summed E-state index contributed by atoms with van der Waals surface area (Å²) in [5, 5.41) is 8.28. The third-order valence-electron chi connectivity index (χ3n) is 4.64. The molecular formula is C15H25N3O. The van der Waals surface area contributed by atoms with Crippen LogP contribution in [-0.4, -0.2) is 28.5 Å². The number of aryl methyl sites for hydroxylation is 1. The quantitative estimate of drug-likeness (QED) is 0.910. The predicted molar refractivity (Wildman–Crippen MR) is 75.1 cm³/mol. The molecule has 1 aliphatic carbocycles. The lowest BCUT2D eigenvalue weighted by atomic mass is 9.91. The predicted octanol–water partition coefficient (Wildman–Crippen LogP) is 2.34. The molecule has 1 aromatic heterocycles. The Balaban J connectivity index is 1.67. The van der Waals surface area contributed by atoms with Gasteiger partial charge < -0.3 is 10.1 Å². The molecule has 1 saturated heterocycles. The standard InChI is InChI=1S/C15H25N3O/c1-3-12-9-11(7-8-19-12)17-14-5-4-6-15-13(14)10-16-18(15)2/h10-12,14,17H,3-9H2,1-2H3. The molecule has 0 spiro atoms. The zero-order chi connectivity index (χ0) is 13.2. The second-order valence-corrected chi connectivity index (χ2v) is 5.90. The zero-order valence-corrected chi connectivity index (χ0v) is 12.1. The van der Waals surface area contributed by atoms with E-state index in [2.05, 4.69) is 30.6 Å². The summed E-state index contributed by atoms with van der Waals surface area (Å²) in [4.78, 5) is 0. The number of nitrogens with one attached hydrogen (secondary N) is 1. The van der Waals surface area contributed by atoms with Crippen LogP contribution >= 0.6 is 0 Å². The van der Waals surface area contributed by atoms with Gasteiger partial charge in [-0.15, -0.1) is 0 Å². The minimum Gasteiger partial charge on any atom is -0.378 e. The largest absolute Gasteiger partial charge is 0.378 e. The van der Waals surface area contributed by atoms with Gasteiger partial charge in [0.2, 0.25) is 0 Å². The normalized spacial score (nSPS) is 31.2. The van der Waals surface area contributed by atoms with Crippen molar-refractivity contribution in [2.24, 2.45) is 7.05 Å². The number of ether oxygens (including phenoxy) is 1. The van der Waals surface area contributed by atoms with Gasteiger partial charge in [-0.1, -0.05) is 6.92 Å². The lowest BCUT2D eigenvalue weighted by Crippen LogP contribution is -2.41. The molecule has 4 heteroatoms. The first-order chi connectivity index (χ1) is 9.28. The molecule has 0 amide bonds. The van der Waals surface area contributed by atoms with Crippen LogP contribution in [0.3, 0.4) is 0 Å². The van der Waals surface area contributed by atoms with E-state index in [0.29, 0.717) is 18.2 Å². The molecule has 2 aliphatic rings. The maximum atomic E-state index is 5.76. The summed E-state index contributed by atoms with van der Waals surface area (Å²) in [6.45, 7) is 3.12. The van der Waals surface area contributed by atoms with Crippen LogP contribution in [0.2, 0.25) is 0 Å². The van der Waals surface area contributed by atoms with Gasteiger partial charge in [0.25, 0.3) is 0 Å². The molecule has 3 unspecified atom stereocenters. The molecule has 2 heterocycles. The Hall–Kier alpha value is -0.870. The summed E-state index contributed by atoms with van der Waals surface area (Å²) in [7, 11) is 2.06. The average Bonchev–Trinajstić information content (AvgIpc) is 2.82. The third kappa shape index (κ3) is 2.70. The molecule has 0 bridgehead atoms. The van der Waals surface area contributed by atoms with Crippen molar-refractivity contribution >= 4 is 0 Å². The summed E-state index contributed by atoms with van der Waals surface area (Å²) >= 11 is 0. The van der Waals surface area contributed by atoms with Crippen LogP contribution in [0, 0.1) is 0 Å². The van der Waals surface area contributed by atoms with E-state index in [0.717, 1.165) is 25.9 Å². The lowest BCUT2D eigenvalue weighted by molar-refractivity contribution is -0.00236. The first-order valence-electron chi connectivity index (χ1n) is 7.66. The maximum absolute atomic E-state index is 5.76. The molecule has 3 rings (SSSR count). The summed E-state index contributed by atoms with van der Waals surface area (Å²) in [5.41, 5.74) is 2.84. The summed E-state index contributed by atoms with van der Waals surface area (Å²) in [5.74, 6) is 0. The van der Waals surface area contributed by atoms with E-state index in [1.807, 2.05) is 4.68 Å². The van der Waals surface area contributed by atoms with E-state index in [1.54, 1.807) is 0 Å². The maximum Gasteiger partial charge on any atom is 0.0587 e. The second-order valence-electron chi connectivity index (χ2n) is 5.90. The Labute approximate surface area is 115 Å². The molecule has 0 aromatic carbocycles. The van der Waals surface area contributed by atoms with Crippen molar-refractivity contribution in [2.75, 3.05) is 6.61 Å². The van der Waals surface area contributed by atoms with Gasteiger partial charge in [-0.2, -0.15) is 5.10 Å². The number of nitrogens with zero attached hydrogens (tertiary/aromatic N) is 2. The highest BCUT2D eigenvalue weighted by molar-refractivity contribution is 5.24. The fraction of sp³-hybridized carbons (Fsp3) is 0.800. The topological polar surface area (TPSA) is 39.1 Å². The molecule has 1 aliphatic heterocycles. The molecular weight excluding hydrogens is 238 g/mol. The Morgan fingerprint density at radius 3 is 3.21 bits per heavy atom. The zero-order valence-electron chi connectivity index (χ0n) is 12.1. The van der Waals surface area contributed by atoms with Crippen LogP contribution in [0.4, 0.5) is 0 Å². The van der Waals surface area contributed by atoms with E-state index < -0.39 is 0 Å². The summed E-state index contributed by atoms with van der Waals surface area (Å²) in [6.07, 6.45) is 9.62. The number of aromatic nitrogens is 2. The molecule has 4 nitrogen and oxygen atoms in total. The molecule has 3 atom stereocenters. The van der Waals surface area contributed by atoms with Crippen molar-refractivity contribution < 1.29 is 4.74 Å². The lowest BCUT2D eigenvalue weighted by Gasteiger charge is -2.34. The Bertz CT molecular complexity index is 429. The van der Waals surface area contributed by atoms with Crippen molar-refractivity contribution in [3.63, 3.8) is 0 Å². The van der Waals surface area contributed by atoms with E-state index in [4.69, 9.17) is 4.74 Å². The molecule has 0 radical (unpaired) electrons. The Kier molecular flexibility index (Phi) is 3.89. The summed E-state index contributed by atoms with van der Waals surface area (Å²) in [6, 6.07) is 1.10. The van der Waals surface area contributed by atoms with E-state index in [9.17, 15) is 0 Å². The van der Waals surface area contributed by atoms with Crippen LogP contribution in [-0.2, 0) is 18.2 Å². The minimum atomic E-state index is 0.447. The van der Waals surface area contributed by atoms with Gasteiger partial charge in [0.1, 0.15) is 0 Å². The van der Waals surface area contributed by atoms with Gasteiger partial charge in [-0.25, -0.2) is 0 Å². The monoisotopic (exact) mass is 263 g/mol. The third-order valence-corrected chi connectivity index (χ3v) is 4.64. The molecule has 1 N–H and O–H groups in total. The molecule has 0 saturated carbocycles. The number of hydrogen-bond acceptors (Lipinski definition) is 3. The fourth-order valence-electron chi connectivity index (χ4n) is 3.48. The van der Waals surface area contributed by atoms with Crippen LogP contribution in [0.25, 0.3) is 0 Å². The highest BCUT2D eigenvalue weighted by Crippen LogP contribution is 2.30. The van der Waals surface area contributed by atoms with Crippen molar-refractivity contribution in [1.82, 2.24) is 15.1 Å². The molecule has 19 heavy (non-hydrogen) atoms. The van der Waals surface area contributed by atoms with Gasteiger partial charge in [-0.05, 0) is 38.5 Å². The van der Waals surface area contributed by atoms with Crippen LogP contribution < -0.4 is 5.32 Å². The first-order valence-corrected chi connectivity index (χ1v) is 7.66. The Morgan fingerprint density at radius 1 is 1.47 bits per heavy atom. The smallest absolute Gasteiger partial charge is 0.0587 e. The highest BCUT2D eigenvalue weighted by Gasteiger charge is 2.28. The van der Waals surface area contributed by atoms with Crippen LogP contribution in [0.1, 0.15) is 56.3 Å². The van der Waals surface area contributed by atoms with Crippen molar-refractivity contribution in [3.05, 3.63) is 17.5 Å². The van der Waals surface area contributed by atoms with Gasteiger partial charge in [0, 0.05) is 37.0 Å². The van der Waals surface area contributed by atoms with Gasteiger partial charge in [0.15, 0.2) is 0 Å². The van der Waals surface area contributed by atoms with E-state index >= 15 is 0 Å². The Morgan fingerprint density at radius 2 is 2.37 bits per heavy atom. The van der Waals surface area contributed by atoms with Crippen LogP contribution in [0.15, 0.2) is 6.20 Å². The average molecular weight is 263 g/mol. The van der Waals surface area contributed by atoms with Crippen molar-refractivity contribution in [3.8, 4) is 0 Å². The highest BCUT2D eigenvalue weighted by atomic mass is 16.5. The number of rotatable bonds is 3. The SMILES string of the molecule is CCC1CC(NC2CCCc3c2cnn3C)CCO1. The van der Waals surface area contributed by atoms with E-state index in [-0.39, 0.29) is 0 Å². The molecule has 1 aromatic rings.